The van der Waals surface area contributed by atoms with Gasteiger partial charge in [-0.15, -0.1) is 0 Å². The van der Waals surface area contributed by atoms with E-state index in [9.17, 15) is 34.3 Å². The molecule has 0 bridgehead atoms. The van der Waals surface area contributed by atoms with Crippen LogP contribution >= 0.6 is 0 Å². The zero-order valence-corrected chi connectivity index (χ0v) is 40.3. The highest BCUT2D eigenvalue weighted by atomic mass is 16.6. The van der Waals surface area contributed by atoms with E-state index in [4.69, 9.17) is 41.7 Å². The number of azide groups is 2. The molecule has 6 atom stereocenters. The molecular formula is C49H62N12O10. The monoisotopic (exact) mass is 978 g/mol. The number of amides is 4. The first-order valence-corrected chi connectivity index (χ1v) is 22.4. The number of nitrogens with two attached hydrogens (primary N) is 3. The van der Waals surface area contributed by atoms with Crippen LogP contribution in [0.5, 0.6) is 11.5 Å². The van der Waals surface area contributed by atoms with Crippen LogP contribution in [0.4, 0.5) is 4.79 Å². The highest BCUT2D eigenvalue weighted by Crippen LogP contribution is 2.22. The molecule has 0 aliphatic heterocycles. The third-order valence-electron chi connectivity index (χ3n) is 10.1. The molecule has 4 rings (SSSR count). The Morgan fingerprint density at radius 3 is 1.45 bits per heavy atom. The minimum Gasteiger partial charge on any atom is -0.492 e. The molecule has 0 spiro atoms. The second-order valence-electron chi connectivity index (χ2n) is 16.9. The predicted molar refractivity (Wildman–Crippen MR) is 264 cm³/mol. The Morgan fingerprint density at radius 1 is 0.634 bits per heavy atom. The van der Waals surface area contributed by atoms with Gasteiger partial charge in [0.15, 0.2) is 11.6 Å². The second kappa shape index (κ2) is 29.8. The van der Waals surface area contributed by atoms with Gasteiger partial charge in [-0.05, 0) is 93.9 Å². The highest BCUT2D eigenvalue weighted by Gasteiger charge is 2.31. The molecule has 0 aliphatic rings. The van der Waals surface area contributed by atoms with Gasteiger partial charge in [0.2, 0.25) is 17.7 Å². The molecule has 0 radical (unpaired) electrons. The Balaban J connectivity index is 0.000000383. The van der Waals surface area contributed by atoms with Gasteiger partial charge < -0.3 is 52.1 Å². The molecule has 22 nitrogen and oxygen atoms in total. The molecule has 4 aromatic carbocycles. The van der Waals surface area contributed by atoms with Crippen LogP contribution in [0.15, 0.2) is 119 Å². The van der Waals surface area contributed by atoms with E-state index in [1.54, 1.807) is 69.3 Å². The van der Waals surface area contributed by atoms with Gasteiger partial charge in [-0.1, -0.05) is 95.2 Å². The first-order valence-electron chi connectivity index (χ1n) is 22.4. The van der Waals surface area contributed by atoms with Gasteiger partial charge in [0, 0.05) is 21.9 Å². The Kier molecular flexibility index (Phi) is 24.1. The summed E-state index contributed by atoms with van der Waals surface area (Å²) < 4.78 is 22.2. The van der Waals surface area contributed by atoms with Crippen LogP contribution in [0.2, 0.25) is 0 Å². The lowest BCUT2D eigenvalue weighted by molar-refractivity contribution is -0.127. The zero-order chi connectivity index (χ0) is 52.3. The van der Waals surface area contributed by atoms with Crippen LogP contribution < -0.4 is 42.6 Å². The Labute approximate surface area is 411 Å². The van der Waals surface area contributed by atoms with Crippen LogP contribution in [-0.4, -0.2) is 104 Å². The molecule has 0 fully saturated rings. The van der Waals surface area contributed by atoms with Crippen molar-refractivity contribution < 1.29 is 47.7 Å². The average Bonchev–Trinajstić information content (AvgIpc) is 3.32. The molecule has 0 aliphatic carbocycles. The third-order valence-corrected chi connectivity index (χ3v) is 10.1. The van der Waals surface area contributed by atoms with Crippen LogP contribution in [0.25, 0.3) is 20.9 Å². The number of carbonyl (C=O) groups is 6. The lowest BCUT2D eigenvalue weighted by Crippen LogP contribution is -2.55. The summed E-state index contributed by atoms with van der Waals surface area (Å²) >= 11 is 0. The molecule has 0 saturated carbocycles. The number of ketones is 2. The van der Waals surface area contributed by atoms with Crippen molar-refractivity contribution in [3.8, 4) is 11.5 Å². The van der Waals surface area contributed by atoms with Crippen molar-refractivity contribution >= 4 is 35.4 Å². The Morgan fingerprint density at radius 2 is 1.06 bits per heavy atom. The lowest BCUT2D eigenvalue weighted by Gasteiger charge is -2.28. The molecule has 0 saturated heterocycles. The number of ether oxygens (including phenoxy) is 4. The van der Waals surface area contributed by atoms with Crippen molar-refractivity contribution in [2.75, 3.05) is 26.6 Å². The number of nitrogens with zero attached hydrogens (tertiary/aromatic N) is 6. The van der Waals surface area contributed by atoms with Crippen LogP contribution in [0.3, 0.4) is 0 Å². The Hall–Kier alpha value is -8.00. The van der Waals surface area contributed by atoms with Crippen molar-refractivity contribution in [1.82, 2.24) is 16.0 Å². The summed E-state index contributed by atoms with van der Waals surface area (Å²) in [5.74, 6) is -1.60. The maximum atomic E-state index is 13.4. The van der Waals surface area contributed by atoms with Gasteiger partial charge in [-0.25, -0.2) is 4.79 Å². The fourth-order valence-corrected chi connectivity index (χ4v) is 6.71. The molecule has 4 aromatic rings. The number of benzene rings is 4. The van der Waals surface area contributed by atoms with Gasteiger partial charge in [0.05, 0.1) is 62.2 Å². The average molecular weight is 979 g/mol. The normalized spacial score (nSPS) is 13.2. The fraction of sp³-hybridized carbons (Fsp3) is 0.388. The van der Waals surface area contributed by atoms with E-state index >= 15 is 0 Å². The first kappa shape index (κ1) is 57.3. The van der Waals surface area contributed by atoms with Gasteiger partial charge >= 0.3 is 6.09 Å². The van der Waals surface area contributed by atoms with Gasteiger partial charge in [0.1, 0.15) is 23.1 Å². The predicted octanol–water partition coefficient (Wildman–Crippen LogP) is 5.38. The number of alkyl carbamates (subject to hydrolysis) is 1. The molecule has 0 aromatic heterocycles. The van der Waals surface area contributed by atoms with Crippen molar-refractivity contribution in [2.45, 2.75) is 95.7 Å². The largest absolute Gasteiger partial charge is 0.492 e. The number of primary amides is 1. The Bertz CT molecular complexity index is 2480. The summed E-state index contributed by atoms with van der Waals surface area (Å²) in [6.07, 6.45) is -0.528. The summed E-state index contributed by atoms with van der Waals surface area (Å²) in [6, 6.07) is 26.5. The third kappa shape index (κ3) is 21.0. The highest BCUT2D eigenvalue weighted by molar-refractivity contribution is 5.97. The standard InChI is InChI=1S/C27H36N6O6.C22H26N6O4/c1-18(34)20-12-8-9-13-24(20)38-16-22(32-33-29)21(14-19-10-6-5-7-11-19)30-25(35)23(15-37-17-28)31-26(36)39-27(2,3)4;1-14(29)16-9-5-6-10-20(16)32-13-19(27-28-25)18(11-15-7-3-2-4-8-15)26-22(31)17(23)12-21(24)30/h5-13,21-23H,14-17,28H2,1-4H3,(H,30,35)(H,31,36);2-10,17-19H,11-13,23H2,1H3,(H2,24,30)(H,26,31)/t21-,22+,23-;17-,18-,19+/m00/s1. The number of Topliss-reactive ketones (excluding diaryl/α,β-unsaturated/α-hetero) is 2. The van der Waals surface area contributed by atoms with Crippen LogP contribution in [0.1, 0.15) is 72.9 Å². The summed E-state index contributed by atoms with van der Waals surface area (Å²) in [5, 5.41) is 15.8. The summed E-state index contributed by atoms with van der Waals surface area (Å²) in [4.78, 5) is 79.1. The first-order chi connectivity index (χ1) is 33.8. The van der Waals surface area contributed by atoms with E-state index in [0.717, 1.165) is 11.1 Å². The maximum absolute atomic E-state index is 13.4. The fourth-order valence-electron chi connectivity index (χ4n) is 6.71. The van der Waals surface area contributed by atoms with Crippen molar-refractivity contribution in [3.05, 3.63) is 152 Å². The zero-order valence-electron chi connectivity index (χ0n) is 40.3. The van der Waals surface area contributed by atoms with Crippen LogP contribution in [-0.2, 0) is 36.7 Å². The molecule has 9 N–H and O–H groups in total. The molecule has 22 heteroatoms. The summed E-state index contributed by atoms with van der Waals surface area (Å²) in [5.41, 5.74) is 36.5. The summed E-state index contributed by atoms with van der Waals surface area (Å²) in [7, 11) is 0. The van der Waals surface area contributed by atoms with E-state index in [0.29, 0.717) is 29.0 Å². The van der Waals surface area contributed by atoms with Crippen molar-refractivity contribution in [2.24, 2.45) is 27.4 Å². The SMILES string of the molecule is CC(=O)c1ccccc1OC[C@@H](N=[N+]=[N-])[C@H](Cc1ccccc1)NC(=O)[C@@H](N)CC(N)=O.CC(=O)c1ccccc1OC[C@@H](N=[N+]=[N-])[C@H](Cc1ccccc1)NC(=O)[C@H](COCN)NC(=O)OC(C)(C)C. The minimum atomic E-state index is -1.15. The molecule has 4 amide bonds. The number of para-hydroxylation sites is 2. The summed E-state index contributed by atoms with van der Waals surface area (Å²) in [6.45, 7) is 7.32. The molecule has 378 valence electrons. The van der Waals surface area contributed by atoms with E-state index in [1.807, 2.05) is 60.7 Å². The van der Waals surface area contributed by atoms with E-state index in [-0.39, 0.29) is 51.0 Å². The number of hydrogen-bond acceptors (Lipinski definition) is 14. The van der Waals surface area contributed by atoms with Crippen molar-refractivity contribution in [1.29, 1.82) is 0 Å². The number of nitrogens with one attached hydrogen (secondary N) is 3. The number of rotatable bonds is 26. The van der Waals surface area contributed by atoms with Gasteiger partial charge in [-0.2, -0.15) is 0 Å². The molecule has 0 heterocycles. The topological polar surface area (TPSA) is 351 Å². The van der Waals surface area contributed by atoms with Gasteiger partial charge in [-0.3, -0.25) is 24.0 Å². The van der Waals surface area contributed by atoms with Gasteiger partial charge in [0.25, 0.3) is 0 Å². The molecular weight excluding hydrogens is 917 g/mol. The van der Waals surface area contributed by atoms with E-state index in [2.05, 4.69) is 36.0 Å². The quantitative estimate of drug-likeness (QED) is 0.0152. The molecule has 71 heavy (non-hydrogen) atoms. The smallest absolute Gasteiger partial charge is 0.408 e. The maximum Gasteiger partial charge on any atom is 0.408 e. The van der Waals surface area contributed by atoms with E-state index < -0.39 is 65.7 Å². The number of hydrogen-bond donors (Lipinski definition) is 6. The lowest BCUT2D eigenvalue weighted by atomic mass is 9.99. The second-order valence-corrected chi connectivity index (χ2v) is 16.9. The number of carbonyl (C=O) groups excluding carboxylic acids is 6. The van der Waals surface area contributed by atoms with Crippen LogP contribution in [0, 0.1) is 0 Å². The minimum absolute atomic E-state index is 0.100. The van der Waals surface area contributed by atoms with E-state index in [1.165, 1.54) is 13.8 Å². The molecule has 0 unspecified atom stereocenters. The van der Waals surface area contributed by atoms with Crippen molar-refractivity contribution in [3.63, 3.8) is 0 Å².